The summed E-state index contributed by atoms with van der Waals surface area (Å²) in [5.41, 5.74) is 1.46. The van der Waals surface area contributed by atoms with Gasteiger partial charge in [0.1, 0.15) is 5.82 Å². The molecule has 0 radical (unpaired) electrons. The molecule has 1 aromatic carbocycles. The minimum atomic E-state index is 0.518. The van der Waals surface area contributed by atoms with Gasteiger partial charge >= 0.3 is 0 Å². The molecular weight excluding hydrogens is 280 g/mol. The van der Waals surface area contributed by atoms with Gasteiger partial charge in [0.25, 0.3) is 0 Å². The SMILES string of the molecule is CNC1CCC(c2ccccc2)CC1Sc1n[nH]c(C)n1. The van der Waals surface area contributed by atoms with E-state index in [2.05, 4.69) is 57.9 Å². The fourth-order valence-electron chi connectivity index (χ4n) is 3.13. The van der Waals surface area contributed by atoms with Gasteiger partial charge in [0.2, 0.25) is 5.16 Å². The average Bonchev–Trinajstić information content (AvgIpc) is 2.93. The predicted molar refractivity (Wildman–Crippen MR) is 86.6 cm³/mol. The highest BCUT2D eigenvalue weighted by molar-refractivity contribution is 7.99. The Morgan fingerprint density at radius 1 is 1.24 bits per heavy atom. The van der Waals surface area contributed by atoms with Gasteiger partial charge in [-0.1, -0.05) is 42.1 Å². The lowest BCUT2D eigenvalue weighted by Crippen LogP contribution is -2.40. The topological polar surface area (TPSA) is 53.6 Å². The Morgan fingerprint density at radius 3 is 2.71 bits per heavy atom. The fourth-order valence-corrected chi connectivity index (χ4v) is 4.45. The van der Waals surface area contributed by atoms with Crippen LogP contribution < -0.4 is 5.32 Å². The zero-order chi connectivity index (χ0) is 14.7. The summed E-state index contributed by atoms with van der Waals surface area (Å²) < 4.78 is 0. The first-order chi connectivity index (χ1) is 10.3. The lowest BCUT2D eigenvalue weighted by Gasteiger charge is -2.35. The minimum absolute atomic E-state index is 0.518. The second kappa shape index (κ2) is 6.62. The molecule has 1 aromatic heterocycles. The molecule has 0 saturated heterocycles. The fraction of sp³-hybridized carbons (Fsp3) is 0.500. The van der Waals surface area contributed by atoms with Crippen LogP contribution in [0.2, 0.25) is 0 Å². The molecule has 0 amide bonds. The van der Waals surface area contributed by atoms with E-state index < -0.39 is 0 Å². The van der Waals surface area contributed by atoms with Crippen molar-refractivity contribution in [2.45, 2.75) is 48.6 Å². The molecule has 4 nitrogen and oxygen atoms in total. The van der Waals surface area contributed by atoms with E-state index in [4.69, 9.17) is 0 Å². The van der Waals surface area contributed by atoms with Crippen molar-refractivity contribution in [3.05, 3.63) is 41.7 Å². The van der Waals surface area contributed by atoms with E-state index in [0.29, 0.717) is 17.2 Å². The molecule has 3 rings (SSSR count). The highest BCUT2D eigenvalue weighted by Gasteiger charge is 2.31. The number of thioether (sulfide) groups is 1. The zero-order valence-corrected chi connectivity index (χ0v) is 13.4. The molecule has 1 fully saturated rings. The van der Waals surface area contributed by atoms with Crippen molar-refractivity contribution in [3.63, 3.8) is 0 Å². The van der Waals surface area contributed by atoms with Crippen molar-refractivity contribution in [1.29, 1.82) is 0 Å². The van der Waals surface area contributed by atoms with E-state index in [1.807, 2.05) is 6.92 Å². The maximum atomic E-state index is 4.44. The predicted octanol–water partition coefficient (Wildman–Crippen LogP) is 3.13. The van der Waals surface area contributed by atoms with Gasteiger partial charge in [-0.25, -0.2) is 4.98 Å². The Labute approximate surface area is 130 Å². The first-order valence-corrected chi connectivity index (χ1v) is 8.42. The second-order valence-corrected chi connectivity index (χ2v) is 6.88. The van der Waals surface area contributed by atoms with Crippen LogP contribution in [0.15, 0.2) is 35.5 Å². The molecule has 3 unspecified atom stereocenters. The van der Waals surface area contributed by atoms with E-state index in [9.17, 15) is 0 Å². The standard InChI is InChI=1S/C16H22N4S/c1-11-18-16(20-19-11)21-15-10-13(8-9-14(15)17-2)12-6-4-3-5-7-12/h3-7,13-15,17H,8-10H2,1-2H3,(H,18,19,20). The molecule has 1 heterocycles. The van der Waals surface area contributed by atoms with Crippen LogP contribution in [-0.4, -0.2) is 33.5 Å². The highest BCUT2D eigenvalue weighted by Crippen LogP contribution is 2.39. The Kier molecular flexibility index (Phi) is 4.60. The van der Waals surface area contributed by atoms with Gasteiger partial charge < -0.3 is 5.32 Å². The molecule has 0 aliphatic heterocycles. The number of hydrogen-bond donors (Lipinski definition) is 2. The van der Waals surface area contributed by atoms with Crippen molar-refractivity contribution >= 4 is 11.8 Å². The lowest BCUT2D eigenvalue weighted by atomic mass is 9.81. The van der Waals surface area contributed by atoms with Crippen molar-refractivity contribution in [2.24, 2.45) is 0 Å². The minimum Gasteiger partial charge on any atom is -0.316 e. The largest absolute Gasteiger partial charge is 0.316 e. The molecule has 2 aromatic rings. The molecule has 112 valence electrons. The number of benzene rings is 1. The summed E-state index contributed by atoms with van der Waals surface area (Å²) in [5, 5.41) is 12.1. The molecule has 1 saturated carbocycles. The number of aryl methyl sites for hydroxylation is 1. The summed E-state index contributed by atoms with van der Waals surface area (Å²) in [5.74, 6) is 1.53. The maximum absolute atomic E-state index is 4.44. The number of aromatic amines is 1. The summed E-state index contributed by atoms with van der Waals surface area (Å²) in [7, 11) is 2.06. The number of nitrogens with zero attached hydrogens (tertiary/aromatic N) is 2. The molecule has 0 bridgehead atoms. The molecule has 5 heteroatoms. The van der Waals surface area contributed by atoms with Gasteiger partial charge in [-0.05, 0) is 44.7 Å². The third-order valence-electron chi connectivity index (χ3n) is 4.27. The van der Waals surface area contributed by atoms with E-state index >= 15 is 0 Å². The van der Waals surface area contributed by atoms with Gasteiger partial charge in [-0.3, -0.25) is 5.10 Å². The van der Waals surface area contributed by atoms with Crippen molar-refractivity contribution in [1.82, 2.24) is 20.5 Å². The zero-order valence-electron chi connectivity index (χ0n) is 12.5. The van der Waals surface area contributed by atoms with Crippen LogP contribution >= 0.6 is 11.8 Å². The van der Waals surface area contributed by atoms with Gasteiger partial charge in [-0.2, -0.15) is 0 Å². The lowest BCUT2D eigenvalue weighted by molar-refractivity contribution is 0.369. The summed E-state index contributed by atoms with van der Waals surface area (Å²) in [6, 6.07) is 11.4. The van der Waals surface area contributed by atoms with Crippen LogP contribution in [0.25, 0.3) is 0 Å². The molecule has 1 aliphatic carbocycles. The number of hydrogen-bond acceptors (Lipinski definition) is 4. The maximum Gasteiger partial charge on any atom is 0.208 e. The second-order valence-electron chi connectivity index (χ2n) is 5.68. The molecule has 2 N–H and O–H groups in total. The van der Waals surface area contributed by atoms with Crippen LogP contribution in [-0.2, 0) is 0 Å². The molecule has 3 atom stereocenters. The van der Waals surface area contributed by atoms with Crippen LogP contribution in [0.3, 0.4) is 0 Å². The summed E-state index contributed by atoms with van der Waals surface area (Å²) >= 11 is 1.80. The number of aromatic nitrogens is 3. The van der Waals surface area contributed by atoms with E-state index in [1.165, 1.54) is 24.8 Å². The molecular formula is C16H22N4S. The quantitative estimate of drug-likeness (QED) is 0.911. The van der Waals surface area contributed by atoms with Gasteiger partial charge in [-0.15, -0.1) is 5.10 Å². The van der Waals surface area contributed by atoms with E-state index in [1.54, 1.807) is 11.8 Å². The number of rotatable bonds is 4. The smallest absolute Gasteiger partial charge is 0.208 e. The van der Waals surface area contributed by atoms with E-state index in [-0.39, 0.29) is 0 Å². The normalized spacial score (nSPS) is 25.9. The van der Waals surface area contributed by atoms with Crippen LogP contribution in [0.5, 0.6) is 0 Å². The monoisotopic (exact) mass is 302 g/mol. The highest BCUT2D eigenvalue weighted by atomic mass is 32.2. The Bertz CT molecular complexity index is 569. The van der Waals surface area contributed by atoms with Crippen LogP contribution in [0.1, 0.15) is 36.6 Å². The molecule has 0 spiro atoms. The van der Waals surface area contributed by atoms with Gasteiger partial charge in [0, 0.05) is 11.3 Å². The summed E-state index contributed by atoms with van der Waals surface area (Å²) in [6.45, 7) is 1.94. The Balaban J connectivity index is 1.72. The van der Waals surface area contributed by atoms with Crippen molar-refractivity contribution in [2.75, 3.05) is 7.05 Å². The summed E-state index contributed by atoms with van der Waals surface area (Å²) in [6.07, 6.45) is 3.63. The van der Waals surface area contributed by atoms with Gasteiger partial charge in [0.05, 0.1) is 0 Å². The van der Waals surface area contributed by atoms with Crippen molar-refractivity contribution in [3.8, 4) is 0 Å². The molecule has 1 aliphatic rings. The number of nitrogens with one attached hydrogen (secondary N) is 2. The average molecular weight is 302 g/mol. The summed E-state index contributed by atoms with van der Waals surface area (Å²) in [4.78, 5) is 4.44. The third kappa shape index (κ3) is 3.47. The Morgan fingerprint density at radius 2 is 2.05 bits per heavy atom. The van der Waals surface area contributed by atoms with Gasteiger partial charge in [0.15, 0.2) is 0 Å². The first-order valence-electron chi connectivity index (χ1n) is 7.54. The Hall–Kier alpha value is -1.33. The molecule has 21 heavy (non-hydrogen) atoms. The van der Waals surface area contributed by atoms with Crippen LogP contribution in [0.4, 0.5) is 0 Å². The third-order valence-corrected chi connectivity index (χ3v) is 5.48. The van der Waals surface area contributed by atoms with Crippen LogP contribution in [0, 0.1) is 6.92 Å². The number of H-pyrrole nitrogens is 1. The van der Waals surface area contributed by atoms with Crippen molar-refractivity contribution < 1.29 is 0 Å². The van der Waals surface area contributed by atoms with E-state index in [0.717, 1.165) is 11.0 Å². The first kappa shape index (κ1) is 14.6.